The number of carbonyl (C=O) groups excluding carboxylic acids is 1. The highest BCUT2D eigenvalue weighted by molar-refractivity contribution is 6.61. The lowest BCUT2D eigenvalue weighted by molar-refractivity contribution is -0.122. The van der Waals surface area contributed by atoms with Crippen LogP contribution in [0.5, 0.6) is 11.5 Å². The third-order valence-corrected chi connectivity index (χ3v) is 6.08. The summed E-state index contributed by atoms with van der Waals surface area (Å²) in [7, 11) is 1.08. The van der Waals surface area contributed by atoms with Gasteiger partial charge in [-0.3, -0.25) is 4.79 Å². The summed E-state index contributed by atoms with van der Waals surface area (Å²) in [5.74, 6) is -0.116. The summed E-state index contributed by atoms with van der Waals surface area (Å²) in [6, 6.07) is 7.81. The third kappa shape index (κ3) is 5.25. The van der Waals surface area contributed by atoms with Crippen molar-refractivity contribution in [3.63, 3.8) is 0 Å². The van der Waals surface area contributed by atoms with E-state index in [2.05, 4.69) is 5.32 Å². The Kier molecular flexibility index (Phi) is 7.56. The van der Waals surface area contributed by atoms with E-state index in [9.17, 15) is 19.2 Å². The van der Waals surface area contributed by atoms with Crippen LogP contribution in [-0.2, 0) is 14.3 Å². The number of nitrogens with one attached hydrogen (secondary N) is 1. The standard InChI is InChI=1S/C25H27BFNO7/c1-14-18(8-15-9-21(32-2)25(26(30)31)22(10-15)33-3)17-5-4-16(27)11-20(17)19(14)12-23(29)28-13-24-34-6-7-35-24/h4-5,8-11,24,30-31H,6-7,12-13H2,1-3H3,(H,28,29)/b18-8-. The normalized spacial score (nSPS) is 16.6. The van der Waals surface area contributed by atoms with Crippen LogP contribution in [0.2, 0.25) is 0 Å². The van der Waals surface area contributed by atoms with Gasteiger partial charge in [-0.15, -0.1) is 0 Å². The number of fused-ring (bicyclic) bond motifs is 1. The number of amides is 1. The number of benzene rings is 2. The molecule has 3 N–H and O–H groups in total. The molecule has 2 aromatic carbocycles. The predicted octanol–water partition coefficient (Wildman–Crippen LogP) is 1.73. The molecule has 8 nitrogen and oxygen atoms in total. The van der Waals surface area contributed by atoms with Gasteiger partial charge in [0.15, 0.2) is 6.29 Å². The Morgan fingerprint density at radius 3 is 2.40 bits per heavy atom. The Morgan fingerprint density at radius 1 is 1.14 bits per heavy atom. The van der Waals surface area contributed by atoms with E-state index in [-0.39, 0.29) is 35.8 Å². The predicted molar refractivity (Wildman–Crippen MR) is 130 cm³/mol. The highest BCUT2D eigenvalue weighted by atomic mass is 19.1. The first kappa shape index (κ1) is 24.9. The average molecular weight is 483 g/mol. The maximum atomic E-state index is 14.2. The van der Waals surface area contributed by atoms with E-state index in [4.69, 9.17) is 18.9 Å². The zero-order valence-corrected chi connectivity index (χ0v) is 19.8. The van der Waals surface area contributed by atoms with Crippen molar-refractivity contribution in [1.82, 2.24) is 5.32 Å². The first-order chi connectivity index (χ1) is 16.8. The van der Waals surface area contributed by atoms with Crippen molar-refractivity contribution in [3.05, 3.63) is 58.4 Å². The minimum Gasteiger partial charge on any atom is -0.497 e. The molecule has 1 fully saturated rings. The zero-order chi connectivity index (χ0) is 25.1. The molecule has 2 aromatic rings. The zero-order valence-electron chi connectivity index (χ0n) is 19.8. The van der Waals surface area contributed by atoms with Gasteiger partial charge in [-0.2, -0.15) is 0 Å². The second-order valence-electron chi connectivity index (χ2n) is 8.22. The molecule has 0 radical (unpaired) electrons. The number of carbonyl (C=O) groups is 1. The number of halogens is 1. The molecule has 0 spiro atoms. The molecule has 1 aliphatic heterocycles. The molecule has 4 rings (SSSR count). The number of methoxy groups -OCH3 is 2. The molecule has 1 heterocycles. The SMILES string of the molecule is COc1cc(/C=C2/C(C)=C(CC(=O)NCC3OCCO3)c3cc(F)ccc32)cc(OC)c1B(O)O. The van der Waals surface area contributed by atoms with Gasteiger partial charge in [0.2, 0.25) is 5.91 Å². The first-order valence-electron chi connectivity index (χ1n) is 11.2. The van der Waals surface area contributed by atoms with E-state index in [1.807, 2.05) is 13.0 Å². The third-order valence-electron chi connectivity index (χ3n) is 6.08. The van der Waals surface area contributed by atoms with Crippen molar-refractivity contribution in [1.29, 1.82) is 0 Å². The second-order valence-corrected chi connectivity index (χ2v) is 8.22. The number of hydrogen-bond acceptors (Lipinski definition) is 7. The second kappa shape index (κ2) is 10.6. The summed E-state index contributed by atoms with van der Waals surface area (Å²) in [6.45, 7) is 3.13. The summed E-state index contributed by atoms with van der Waals surface area (Å²) in [4.78, 5) is 12.7. The van der Waals surface area contributed by atoms with Gasteiger partial charge in [0.05, 0.1) is 45.9 Å². The van der Waals surface area contributed by atoms with Crippen LogP contribution in [0.1, 0.15) is 30.0 Å². The molecule has 2 aliphatic rings. The van der Waals surface area contributed by atoms with Gasteiger partial charge in [-0.1, -0.05) is 6.07 Å². The fraction of sp³-hybridized carbons (Fsp3) is 0.320. The van der Waals surface area contributed by atoms with Crippen molar-refractivity contribution < 1.29 is 38.2 Å². The first-order valence-corrected chi connectivity index (χ1v) is 11.2. The molecule has 0 saturated carbocycles. The molecule has 0 aromatic heterocycles. The summed E-state index contributed by atoms with van der Waals surface area (Å²) >= 11 is 0. The molecule has 10 heteroatoms. The highest BCUT2D eigenvalue weighted by Crippen LogP contribution is 2.44. The Hall–Kier alpha value is -3.18. The van der Waals surface area contributed by atoms with Crippen molar-refractivity contribution in [2.24, 2.45) is 0 Å². The molecule has 0 unspecified atom stereocenters. The largest absolute Gasteiger partial charge is 0.497 e. The van der Waals surface area contributed by atoms with Crippen LogP contribution >= 0.6 is 0 Å². The van der Waals surface area contributed by atoms with Crippen LogP contribution in [0.15, 0.2) is 35.9 Å². The summed E-state index contributed by atoms with van der Waals surface area (Å²) in [6.07, 6.45) is 1.48. The number of hydrogen-bond donors (Lipinski definition) is 3. The van der Waals surface area contributed by atoms with Crippen LogP contribution in [0.4, 0.5) is 4.39 Å². The van der Waals surface area contributed by atoms with Gasteiger partial charge in [0.1, 0.15) is 17.3 Å². The van der Waals surface area contributed by atoms with Crippen LogP contribution in [0.25, 0.3) is 17.2 Å². The van der Waals surface area contributed by atoms with Crippen molar-refractivity contribution in [3.8, 4) is 11.5 Å². The Labute approximate surface area is 203 Å². The Bertz CT molecular complexity index is 1160. The molecule has 1 saturated heterocycles. The maximum absolute atomic E-state index is 14.2. The van der Waals surface area contributed by atoms with E-state index in [0.29, 0.717) is 24.3 Å². The van der Waals surface area contributed by atoms with Gasteiger partial charge >= 0.3 is 7.12 Å². The van der Waals surface area contributed by atoms with Gasteiger partial charge in [0.25, 0.3) is 0 Å². The van der Waals surface area contributed by atoms with Crippen molar-refractivity contribution >= 4 is 35.7 Å². The average Bonchev–Trinajstić information content (AvgIpc) is 3.44. The highest BCUT2D eigenvalue weighted by Gasteiger charge is 2.28. The smallest absolute Gasteiger partial charge is 0.496 e. The van der Waals surface area contributed by atoms with Crippen LogP contribution in [-0.4, -0.2) is 63.3 Å². The molecule has 0 atom stereocenters. The molecule has 1 aliphatic carbocycles. The fourth-order valence-corrected chi connectivity index (χ4v) is 4.39. The van der Waals surface area contributed by atoms with E-state index >= 15 is 0 Å². The van der Waals surface area contributed by atoms with Gasteiger partial charge in [-0.25, -0.2) is 4.39 Å². The van der Waals surface area contributed by atoms with Crippen LogP contribution in [0, 0.1) is 5.82 Å². The lowest BCUT2D eigenvalue weighted by Gasteiger charge is -2.14. The van der Waals surface area contributed by atoms with Crippen molar-refractivity contribution in [2.75, 3.05) is 34.0 Å². The Balaban J connectivity index is 1.69. The molecule has 35 heavy (non-hydrogen) atoms. The number of rotatable bonds is 8. The van der Waals surface area contributed by atoms with E-state index in [1.54, 1.807) is 18.2 Å². The molecule has 184 valence electrons. The van der Waals surface area contributed by atoms with E-state index < -0.39 is 19.2 Å². The summed E-state index contributed by atoms with van der Waals surface area (Å²) in [5.41, 5.74) is 4.60. The number of allylic oxidation sites excluding steroid dienone is 2. The van der Waals surface area contributed by atoms with Gasteiger partial charge in [-0.05, 0) is 70.7 Å². The lowest BCUT2D eigenvalue weighted by atomic mass is 9.78. The maximum Gasteiger partial charge on any atom is 0.496 e. The van der Waals surface area contributed by atoms with E-state index in [0.717, 1.165) is 22.3 Å². The fourth-order valence-electron chi connectivity index (χ4n) is 4.39. The van der Waals surface area contributed by atoms with Gasteiger partial charge < -0.3 is 34.3 Å². The summed E-state index contributed by atoms with van der Waals surface area (Å²) < 4.78 is 35.6. The van der Waals surface area contributed by atoms with Crippen molar-refractivity contribution in [2.45, 2.75) is 19.6 Å². The molecular weight excluding hydrogens is 456 g/mol. The monoisotopic (exact) mass is 483 g/mol. The minimum atomic E-state index is -1.77. The van der Waals surface area contributed by atoms with Crippen LogP contribution < -0.4 is 20.3 Å². The number of ether oxygens (including phenoxy) is 4. The van der Waals surface area contributed by atoms with Gasteiger partial charge in [0, 0.05) is 0 Å². The Morgan fingerprint density at radius 2 is 1.80 bits per heavy atom. The quantitative estimate of drug-likeness (QED) is 0.491. The van der Waals surface area contributed by atoms with E-state index in [1.165, 1.54) is 26.4 Å². The topological polar surface area (TPSA) is 106 Å². The molecule has 0 bridgehead atoms. The molecular formula is C25H27BFNO7. The summed E-state index contributed by atoms with van der Waals surface area (Å²) in [5, 5.41) is 22.3. The molecule has 1 amide bonds. The van der Waals surface area contributed by atoms with Crippen LogP contribution in [0.3, 0.4) is 0 Å². The lowest BCUT2D eigenvalue weighted by Crippen LogP contribution is -2.32. The minimum absolute atomic E-state index is 0.0641.